The Balaban J connectivity index is 2.53. The van der Waals surface area contributed by atoms with Gasteiger partial charge < -0.3 is 15.3 Å². The van der Waals surface area contributed by atoms with Crippen molar-refractivity contribution in [2.24, 2.45) is 5.92 Å². The number of rotatable bonds is 1. The molecule has 10 heavy (non-hydrogen) atoms. The van der Waals surface area contributed by atoms with E-state index in [2.05, 4.69) is 12.6 Å². The topological polar surface area (TPSA) is 60.7 Å². The van der Waals surface area contributed by atoms with Gasteiger partial charge in [-0.15, -0.1) is 0 Å². The fourth-order valence-electron chi connectivity index (χ4n) is 1.28. The standard InChI is InChI=1S/C6H12O3S/c7-2-3-1-4(10)6(9)5(3)8/h3-10H,1-2H2/t3-,4-,5-,6-/m0/s1. The van der Waals surface area contributed by atoms with E-state index in [1.54, 1.807) is 0 Å². The average molecular weight is 164 g/mol. The maximum atomic E-state index is 9.17. The number of aliphatic hydroxyl groups is 3. The summed E-state index contributed by atoms with van der Waals surface area (Å²) in [5.41, 5.74) is 0. The van der Waals surface area contributed by atoms with E-state index in [-0.39, 0.29) is 17.8 Å². The first kappa shape index (κ1) is 8.33. The predicted molar refractivity (Wildman–Crippen MR) is 40.0 cm³/mol. The molecule has 0 aromatic carbocycles. The summed E-state index contributed by atoms with van der Waals surface area (Å²) in [4.78, 5) is 0. The van der Waals surface area contributed by atoms with Crippen molar-refractivity contribution >= 4 is 12.6 Å². The second kappa shape index (κ2) is 3.09. The zero-order chi connectivity index (χ0) is 7.72. The van der Waals surface area contributed by atoms with Gasteiger partial charge >= 0.3 is 0 Å². The van der Waals surface area contributed by atoms with Crippen LogP contribution in [0.3, 0.4) is 0 Å². The smallest absolute Gasteiger partial charge is 0.0918 e. The summed E-state index contributed by atoms with van der Waals surface area (Å²) in [7, 11) is 0. The zero-order valence-corrected chi connectivity index (χ0v) is 6.41. The van der Waals surface area contributed by atoms with E-state index in [0.717, 1.165) is 0 Å². The average Bonchev–Trinajstić information content (AvgIpc) is 2.17. The SMILES string of the molecule is OC[C@@H]1C[C@H](S)[C@H](O)[C@H]1O. The van der Waals surface area contributed by atoms with Crippen LogP contribution in [0.1, 0.15) is 6.42 Å². The van der Waals surface area contributed by atoms with E-state index in [9.17, 15) is 0 Å². The third kappa shape index (κ3) is 1.29. The molecule has 1 fully saturated rings. The van der Waals surface area contributed by atoms with Gasteiger partial charge in [0.25, 0.3) is 0 Å². The van der Waals surface area contributed by atoms with Crippen LogP contribution in [0, 0.1) is 5.92 Å². The highest BCUT2D eigenvalue weighted by atomic mass is 32.1. The van der Waals surface area contributed by atoms with Crippen LogP contribution < -0.4 is 0 Å². The lowest BCUT2D eigenvalue weighted by Crippen LogP contribution is -2.29. The number of thiol groups is 1. The molecule has 0 unspecified atom stereocenters. The van der Waals surface area contributed by atoms with E-state index in [4.69, 9.17) is 15.3 Å². The molecule has 0 aromatic rings. The molecule has 0 radical (unpaired) electrons. The largest absolute Gasteiger partial charge is 0.396 e. The molecule has 60 valence electrons. The maximum absolute atomic E-state index is 9.17. The third-order valence-corrected chi connectivity index (χ3v) is 2.52. The molecule has 1 aliphatic rings. The van der Waals surface area contributed by atoms with Crippen molar-refractivity contribution in [1.82, 2.24) is 0 Å². The molecule has 1 rings (SSSR count). The molecule has 4 heteroatoms. The molecule has 0 bridgehead atoms. The van der Waals surface area contributed by atoms with Crippen LogP contribution in [0.2, 0.25) is 0 Å². The third-order valence-electron chi connectivity index (χ3n) is 2.01. The molecule has 0 spiro atoms. The molecule has 3 nitrogen and oxygen atoms in total. The van der Waals surface area contributed by atoms with Crippen LogP contribution in [-0.4, -0.2) is 39.4 Å². The molecule has 3 N–H and O–H groups in total. The Kier molecular flexibility index (Phi) is 2.57. The second-order valence-corrected chi connectivity index (χ2v) is 3.39. The van der Waals surface area contributed by atoms with E-state index in [1.165, 1.54) is 0 Å². The van der Waals surface area contributed by atoms with Crippen LogP contribution in [0.15, 0.2) is 0 Å². The van der Waals surface area contributed by atoms with E-state index < -0.39 is 12.2 Å². The van der Waals surface area contributed by atoms with Crippen LogP contribution in [0.5, 0.6) is 0 Å². The Hall–Kier alpha value is 0.230. The quantitative estimate of drug-likeness (QED) is 0.377. The van der Waals surface area contributed by atoms with Crippen molar-refractivity contribution in [3.63, 3.8) is 0 Å². The van der Waals surface area contributed by atoms with Gasteiger partial charge in [0, 0.05) is 17.8 Å². The van der Waals surface area contributed by atoms with Gasteiger partial charge in [0.05, 0.1) is 12.2 Å². The molecule has 0 amide bonds. The Morgan fingerprint density at radius 2 is 1.90 bits per heavy atom. The maximum Gasteiger partial charge on any atom is 0.0918 e. The Morgan fingerprint density at radius 3 is 2.10 bits per heavy atom. The highest BCUT2D eigenvalue weighted by Crippen LogP contribution is 2.29. The lowest BCUT2D eigenvalue weighted by Gasteiger charge is -2.13. The summed E-state index contributed by atoms with van der Waals surface area (Å²) < 4.78 is 0. The molecule has 0 aromatic heterocycles. The van der Waals surface area contributed by atoms with Gasteiger partial charge in [0.2, 0.25) is 0 Å². The van der Waals surface area contributed by atoms with E-state index in [1.807, 2.05) is 0 Å². The van der Waals surface area contributed by atoms with Gasteiger partial charge in [-0.2, -0.15) is 12.6 Å². The highest BCUT2D eigenvalue weighted by Gasteiger charge is 2.38. The highest BCUT2D eigenvalue weighted by molar-refractivity contribution is 7.81. The Labute approximate surface area is 65.1 Å². The van der Waals surface area contributed by atoms with Crippen LogP contribution in [-0.2, 0) is 0 Å². The molecule has 0 aliphatic heterocycles. The lowest BCUT2D eigenvalue weighted by atomic mass is 10.1. The van der Waals surface area contributed by atoms with Crippen LogP contribution in [0.25, 0.3) is 0 Å². The molecule has 4 atom stereocenters. The van der Waals surface area contributed by atoms with Crippen molar-refractivity contribution in [3.8, 4) is 0 Å². The second-order valence-electron chi connectivity index (χ2n) is 2.73. The van der Waals surface area contributed by atoms with E-state index in [0.29, 0.717) is 6.42 Å². The molecular formula is C6H12O3S. The van der Waals surface area contributed by atoms with Crippen LogP contribution in [0.4, 0.5) is 0 Å². The van der Waals surface area contributed by atoms with Crippen molar-refractivity contribution in [1.29, 1.82) is 0 Å². The summed E-state index contributed by atoms with van der Waals surface area (Å²) in [5.74, 6) is -0.197. The van der Waals surface area contributed by atoms with Crippen molar-refractivity contribution in [2.45, 2.75) is 23.9 Å². The monoisotopic (exact) mass is 164 g/mol. The minimum Gasteiger partial charge on any atom is -0.396 e. The van der Waals surface area contributed by atoms with Gasteiger partial charge in [-0.25, -0.2) is 0 Å². The number of hydrogen-bond acceptors (Lipinski definition) is 4. The van der Waals surface area contributed by atoms with Gasteiger partial charge in [0.1, 0.15) is 0 Å². The summed E-state index contributed by atoms with van der Waals surface area (Å²) in [6.45, 7) is -0.0741. The minimum atomic E-state index is -0.799. The summed E-state index contributed by atoms with van der Waals surface area (Å²) >= 11 is 4.04. The molecule has 0 saturated heterocycles. The molecule has 1 aliphatic carbocycles. The summed E-state index contributed by atoms with van der Waals surface area (Å²) in [6.07, 6.45) is -0.991. The first-order chi connectivity index (χ1) is 4.66. The van der Waals surface area contributed by atoms with Gasteiger partial charge in [-0.1, -0.05) is 0 Å². The van der Waals surface area contributed by atoms with Crippen molar-refractivity contribution in [3.05, 3.63) is 0 Å². The fourth-order valence-corrected chi connectivity index (χ4v) is 1.73. The van der Waals surface area contributed by atoms with Crippen molar-refractivity contribution < 1.29 is 15.3 Å². The first-order valence-corrected chi connectivity index (χ1v) is 3.83. The fraction of sp³-hybridized carbons (Fsp3) is 1.00. The van der Waals surface area contributed by atoms with Crippen LogP contribution >= 0.6 is 12.6 Å². The summed E-state index contributed by atoms with van der Waals surface area (Å²) in [6, 6.07) is 0. The van der Waals surface area contributed by atoms with Crippen molar-refractivity contribution in [2.75, 3.05) is 6.61 Å². The first-order valence-electron chi connectivity index (χ1n) is 3.32. The lowest BCUT2D eigenvalue weighted by molar-refractivity contribution is 0.00820. The zero-order valence-electron chi connectivity index (χ0n) is 5.51. The molecule has 1 saturated carbocycles. The predicted octanol–water partition coefficient (Wildman–Crippen LogP) is -0.981. The number of aliphatic hydroxyl groups excluding tert-OH is 3. The van der Waals surface area contributed by atoms with Gasteiger partial charge in [-0.05, 0) is 6.42 Å². The molecule has 0 heterocycles. The van der Waals surface area contributed by atoms with Gasteiger partial charge in [-0.3, -0.25) is 0 Å². The van der Waals surface area contributed by atoms with Gasteiger partial charge in [0.15, 0.2) is 0 Å². The Bertz CT molecular complexity index is 120. The number of hydrogen-bond donors (Lipinski definition) is 4. The minimum absolute atomic E-state index is 0.0741. The normalized spacial score (nSPS) is 48.0. The van der Waals surface area contributed by atoms with E-state index >= 15 is 0 Å². The molecular weight excluding hydrogens is 152 g/mol. The Morgan fingerprint density at radius 1 is 1.30 bits per heavy atom. The summed E-state index contributed by atoms with van der Waals surface area (Å²) in [5, 5.41) is 26.8.